The van der Waals surface area contributed by atoms with Crippen LogP contribution in [0.25, 0.3) is 10.9 Å². The minimum atomic E-state index is -0.545. The highest BCUT2D eigenvalue weighted by molar-refractivity contribution is 6.02. The molecule has 0 saturated carbocycles. The van der Waals surface area contributed by atoms with Crippen LogP contribution in [0, 0.1) is 11.7 Å². The first-order valence-electron chi connectivity index (χ1n) is 14.2. The van der Waals surface area contributed by atoms with Crippen molar-refractivity contribution in [2.24, 2.45) is 13.0 Å². The summed E-state index contributed by atoms with van der Waals surface area (Å²) in [5.41, 5.74) is 1.20. The van der Waals surface area contributed by atoms with Gasteiger partial charge in [0.1, 0.15) is 11.1 Å². The Balaban J connectivity index is 1.18. The summed E-state index contributed by atoms with van der Waals surface area (Å²) in [5.74, 6) is -0.756. The monoisotopic (exact) mass is 541 g/mol. The van der Waals surface area contributed by atoms with E-state index in [1.165, 1.54) is 4.68 Å². The molecular formula is C29H40FN5O4. The summed E-state index contributed by atoms with van der Waals surface area (Å²) in [6.45, 7) is 9.97. The lowest BCUT2D eigenvalue weighted by atomic mass is 9.86. The number of likely N-dealkylation sites (tertiary alicyclic amines) is 2. The second kappa shape index (κ2) is 10.9. The van der Waals surface area contributed by atoms with Gasteiger partial charge in [-0.3, -0.25) is 19.6 Å². The van der Waals surface area contributed by atoms with Crippen molar-refractivity contribution in [1.82, 2.24) is 24.9 Å². The van der Waals surface area contributed by atoms with Crippen molar-refractivity contribution in [3.8, 4) is 0 Å². The van der Waals surface area contributed by atoms with Crippen LogP contribution in [0.2, 0.25) is 0 Å². The third kappa shape index (κ3) is 5.95. The lowest BCUT2D eigenvalue weighted by molar-refractivity contribution is -0.134. The number of aryl methyl sites for hydroxylation is 1. The molecule has 39 heavy (non-hydrogen) atoms. The Morgan fingerprint density at radius 1 is 1.08 bits per heavy atom. The molecule has 1 N–H and O–H groups in total. The van der Waals surface area contributed by atoms with Gasteiger partial charge < -0.3 is 14.5 Å². The number of imide groups is 1. The number of ether oxygens (including phenoxy) is 1. The summed E-state index contributed by atoms with van der Waals surface area (Å²) in [5, 5.41) is 7.53. The molecule has 5 rings (SSSR count). The minimum absolute atomic E-state index is 0.133. The van der Waals surface area contributed by atoms with Gasteiger partial charge >= 0.3 is 6.09 Å². The standard InChI is InChI=1S/C29H40FN5O4/c1-29(2,3)39-28(38)35-15-9-18(10-16-35)17-34-13-11-19(12-14-34)20-5-6-21-25(32-33(4)26(21)24(20)30)22-7-8-23(36)31-27(22)37/h5-6,18-19,22H,7-17H2,1-4H3,(H,31,36,37). The van der Waals surface area contributed by atoms with Crippen LogP contribution >= 0.6 is 0 Å². The topological polar surface area (TPSA) is 96.8 Å². The molecule has 0 bridgehead atoms. The van der Waals surface area contributed by atoms with Gasteiger partial charge in [-0.1, -0.05) is 12.1 Å². The molecule has 0 radical (unpaired) electrons. The van der Waals surface area contributed by atoms with Crippen LogP contribution in [0.4, 0.5) is 9.18 Å². The fourth-order valence-electron chi connectivity index (χ4n) is 6.31. The SMILES string of the molecule is Cn1nc(C2CCC(=O)NC2=O)c2ccc(C3CCN(CC4CCN(C(=O)OC(C)(C)C)CC4)CC3)c(F)c21. The number of piperidine rings is 3. The Morgan fingerprint density at radius 2 is 1.77 bits per heavy atom. The van der Waals surface area contributed by atoms with Crippen LogP contribution in [0.1, 0.15) is 82.4 Å². The first-order valence-corrected chi connectivity index (χ1v) is 14.2. The molecule has 3 aliphatic rings. The lowest BCUT2D eigenvalue weighted by Gasteiger charge is -2.38. The second-order valence-corrected chi connectivity index (χ2v) is 12.4. The quantitative estimate of drug-likeness (QED) is 0.587. The lowest BCUT2D eigenvalue weighted by Crippen LogP contribution is -2.44. The van der Waals surface area contributed by atoms with Crippen molar-refractivity contribution >= 4 is 28.8 Å². The molecule has 1 unspecified atom stereocenters. The minimum Gasteiger partial charge on any atom is -0.444 e. The number of carbonyl (C=O) groups excluding carboxylic acids is 3. The molecule has 10 heteroatoms. The molecule has 3 amide bonds. The number of hydrogen-bond acceptors (Lipinski definition) is 6. The van der Waals surface area contributed by atoms with Crippen LogP contribution in [0.5, 0.6) is 0 Å². The normalized spacial score (nSPS) is 22.4. The van der Waals surface area contributed by atoms with Gasteiger partial charge in [-0.05, 0) is 83.4 Å². The van der Waals surface area contributed by atoms with Crippen molar-refractivity contribution in [3.05, 3.63) is 29.2 Å². The van der Waals surface area contributed by atoms with E-state index in [9.17, 15) is 14.4 Å². The highest BCUT2D eigenvalue weighted by Crippen LogP contribution is 2.37. The molecule has 1 aromatic heterocycles. The molecule has 0 spiro atoms. The fourth-order valence-corrected chi connectivity index (χ4v) is 6.31. The maximum atomic E-state index is 15.9. The molecule has 2 aromatic rings. The van der Waals surface area contributed by atoms with E-state index in [2.05, 4.69) is 15.3 Å². The van der Waals surface area contributed by atoms with Crippen molar-refractivity contribution in [3.63, 3.8) is 0 Å². The number of halogens is 1. The number of nitrogens with zero attached hydrogens (tertiary/aromatic N) is 4. The van der Waals surface area contributed by atoms with Gasteiger partial charge in [-0.25, -0.2) is 9.18 Å². The number of nitrogens with one attached hydrogen (secondary N) is 1. The summed E-state index contributed by atoms with van der Waals surface area (Å²) in [4.78, 5) is 40.6. The van der Waals surface area contributed by atoms with Gasteiger partial charge in [0.2, 0.25) is 11.8 Å². The van der Waals surface area contributed by atoms with Gasteiger partial charge in [0, 0.05) is 38.5 Å². The molecule has 1 aromatic carbocycles. The average molecular weight is 542 g/mol. The maximum Gasteiger partial charge on any atom is 0.410 e. The van der Waals surface area contributed by atoms with Crippen LogP contribution in [-0.2, 0) is 21.4 Å². The summed E-state index contributed by atoms with van der Waals surface area (Å²) in [6, 6.07) is 3.76. The number of carbonyl (C=O) groups is 3. The van der Waals surface area contributed by atoms with E-state index in [-0.39, 0.29) is 36.1 Å². The zero-order valence-corrected chi connectivity index (χ0v) is 23.5. The second-order valence-electron chi connectivity index (χ2n) is 12.4. The molecule has 1 atom stereocenters. The zero-order valence-electron chi connectivity index (χ0n) is 23.5. The zero-order chi connectivity index (χ0) is 27.9. The molecule has 212 valence electrons. The van der Waals surface area contributed by atoms with Crippen molar-refractivity contribution in [2.75, 3.05) is 32.7 Å². The van der Waals surface area contributed by atoms with Gasteiger partial charge in [0.25, 0.3) is 0 Å². The van der Waals surface area contributed by atoms with E-state index in [1.54, 1.807) is 7.05 Å². The van der Waals surface area contributed by atoms with Crippen LogP contribution in [0.15, 0.2) is 12.1 Å². The third-order valence-electron chi connectivity index (χ3n) is 8.38. The Hall–Kier alpha value is -3.01. The number of amides is 3. The number of benzene rings is 1. The van der Waals surface area contributed by atoms with E-state index in [0.717, 1.165) is 58.4 Å². The summed E-state index contributed by atoms with van der Waals surface area (Å²) in [6.07, 6.45) is 4.14. The number of fused-ring (bicyclic) bond motifs is 1. The van der Waals surface area contributed by atoms with Gasteiger partial charge in [0.05, 0.1) is 11.6 Å². The van der Waals surface area contributed by atoms with Crippen molar-refractivity contribution < 1.29 is 23.5 Å². The number of aromatic nitrogens is 2. The van der Waals surface area contributed by atoms with Crippen LogP contribution in [-0.4, -0.2) is 75.8 Å². The number of rotatable bonds is 4. The summed E-state index contributed by atoms with van der Waals surface area (Å²) < 4.78 is 22.9. The molecule has 3 saturated heterocycles. The van der Waals surface area contributed by atoms with Crippen LogP contribution in [0.3, 0.4) is 0 Å². The van der Waals surface area contributed by atoms with E-state index < -0.39 is 11.5 Å². The third-order valence-corrected chi connectivity index (χ3v) is 8.38. The van der Waals surface area contributed by atoms with E-state index in [0.29, 0.717) is 34.5 Å². The Bertz CT molecular complexity index is 1250. The molecule has 4 heterocycles. The van der Waals surface area contributed by atoms with E-state index >= 15 is 4.39 Å². The maximum absolute atomic E-state index is 15.9. The first kappa shape index (κ1) is 27.6. The Kier molecular flexibility index (Phi) is 7.68. The molecule has 3 fully saturated rings. The smallest absolute Gasteiger partial charge is 0.410 e. The van der Waals surface area contributed by atoms with Crippen LogP contribution < -0.4 is 5.32 Å². The predicted molar refractivity (Wildman–Crippen MR) is 145 cm³/mol. The first-order chi connectivity index (χ1) is 18.5. The van der Waals surface area contributed by atoms with Crippen molar-refractivity contribution in [1.29, 1.82) is 0 Å². The highest BCUT2D eigenvalue weighted by Gasteiger charge is 2.34. The predicted octanol–water partition coefficient (Wildman–Crippen LogP) is 4.06. The van der Waals surface area contributed by atoms with E-state index in [1.807, 2.05) is 37.8 Å². The van der Waals surface area contributed by atoms with Gasteiger partial charge in [0.15, 0.2) is 5.82 Å². The Morgan fingerprint density at radius 3 is 2.41 bits per heavy atom. The fraction of sp³-hybridized carbons (Fsp3) is 0.655. The molecule has 9 nitrogen and oxygen atoms in total. The largest absolute Gasteiger partial charge is 0.444 e. The summed E-state index contributed by atoms with van der Waals surface area (Å²) >= 11 is 0. The van der Waals surface area contributed by atoms with Crippen molar-refractivity contribution in [2.45, 2.75) is 76.7 Å². The molecular weight excluding hydrogens is 501 g/mol. The highest BCUT2D eigenvalue weighted by atomic mass is 19.1. The van der Waals surface area contributed by atoms with Gasteiger partial charge in [-0.15, -0.1) is 0 Å². The molecule has 0 aliphatic carbocycles. The Labute approximate surface area is 229 Å². The summed E-state index contributed by atoms with van der Waals surface area (Å²) in [7, 11) is 1.71. The number of hydrogen-bond donors (Lipinski definition) is 1. The van der Waals surface area contributed by atoms with E-state index in [4.69, 9.17) is 4.74 Å². The average Bonchev–Trinajstić information content (AvgIpc) is 3.21. The van der Waals surface area contributed by atoms with Gasteiger partial charge in [-0.2, -0.15) is 5.10 Å². The molecule has 3 aliphatic heterocycles.